The highest BCUT2D eigenvalue weighted by Crippen LogP contribution is 2.38. The Bertz CT molecular complexity index is 357. The molecule has 19 heavy (non-hydrogen) atoms. The smallest absolute Gasteiger partial charge is 0.303 e. The van der Waals surface area contributed by atoms with E-state index in [4.69, 9.17) is 13.9 Å². The number of hydrogen-bond donors (Lipinski definition) is 0. The van der Waals surface area contributed by atoms with Crippen LogP contribution >= 0.6 is 0 Å². The van der Waals surface area contributed by atoms with Crippen LogP contribution in [0.15, 0.2) is 12.3 Å². The molecular formula is C14H26O4Si. The molecule has 3 atom stereocenters. The fourth-order valence-electron chi connectivity index (χ4n) is 1.68. The van der Waals surface area contributed by atoms with Crippen LogP contribution in [0.25, 0.3) is 0 Å². The van der Waals surface area contributed by atoms with Gasteiger partial charge in [-0.1, -0.05) is 20.8 Å². The summed E-state index contributed by atoms with van der Waals surface area (Å²) in [4.78, 5) is 11.2. The molecule has 1 aliphatic heterocycles. The maximum Gasteiger partial charge on any atom is 0.303 e. The van der Waals surface area contributed by atoms with E-state index in [-0.39, 0.29) is 29.3 Å². The molecule has 0 amide bonds. The molecule has 0 fully saturated rings. The van der Waals surface area contributed by atoms with Crippen LogP contribution in [0.2, 0.25) is 18.1 Å². The highest BCUT2D eigenvalue weighted by molar-refractivity contribution is 6.74. The lowest BCUT2D eigenvalue weighted by atomic mass is 10.1. The molecule has 0 aromatic rings. The molecule has 0 aromatic heterocycles. The molecule has 0 saturated heterocycles. The van der Waals surface area contributed by atoms with Gasteiger partial charge in [-0.25, -0.2) is 0 Å². The van der Waals surface area contributed by atoms with Crippen LogP contribution in [0.1, 0.15) is 34.6 Å². The molecule has 1 heterocycles. The van der Waals surface area contributed by atoms with Crippen molar-refractivity contribution in [1.82, 2.24) is 0 Å². The number of ether oxygens (including phenoxy) is 2. The summed E-state index contributed by atoms with van der Waals surface area (Å²) in [7, 11) is -1.93. The van der Waals surface area contributed by atoms with Crippen LogP contribution in [0.4, 0.5) is 0 Å². The zero-order valence-electron chi connectivity index (χ0n) is 13.0. The Morgan fingerprint density at radius 1 is 1.32 bits per heavy atom. The van der Waals surface area contributed by atoms with Gasteiger partial charge in [-0.05, 0) is 31.1 Å². The average Bonchev–Trinajstić information content (AvgIpc) is 2.20. The van der Waals surface area contributed by atoms with Crippen LogP contribution in [0.5, 0.6) is 0 Å². The molecule has 0 aliphatic carbocycles. The van der Waals surface area contributed by atoms with E-state index in [1.807, 2.05) is 6.92 Å². The molecule has 0 N–H and O–H groups in total. The zero-order valence-corrected chi connectivity index (χ0v) is 14.0. The normalized spacial score (nSPS) is 27.8. The highest BCUT2D eigenvalue weighted by Gasteiger charge is 2.43. The number of hydrogen-bond acceptors (Lipinski definition) is 4. The largest absolute Gasteiger partial charge is 0.496 e. The fraction of sp³-hybridized carbons (Fsp3) is 0.786. The average molecular weight is 286 g/mol. The van der Waals surface area contributed by atoms with Crippen molar-refractivity contribution in [3.05, 3.63) is 12.3 Å². The second-order valence-electron chi connectivity index (χ2n) is 6.59. The van der Waals surface area contributed by atoms with Crippen LogP contribution in [0.3, 0.4) is 0 Å². The summed E-state index contributed by atoms with van der Waals surface area (Å²) in [6.07, 6.45) is 2.61. The van der Waals surface area contributed by atoms with Crippen molar-refractivity contribution in [2.24, 2.45) is 0 Å². The van der Waals surface area contributed by atoms with Gasteiger partial charge < -0.3 is 13.9 Å². The molecule has 0 unspecified atom stereocenters. The highest BCUT2D eigenvalue weighted by atomic mass is 28.4. The topological polar surface area (TPSA) is 44.8 Å². The first-order valence-electron chi connectivity index (χ1n) is 6.72. The lowest BCUT2D eigenvalue weighted by Gasteiger charge is -2.43. The Morgan fingerprint density at radius 3 is 2.37 bits per heavy atom. The Morgan fingerprint density at radius 2 is 1.89 bits per heavy atom. The third-order valence-electron chi connectivity index (χ3n) is 3.89. The number of carbonyl (C=O) groups excluding carboxylic acids is 1. The second-order valence-corrected chi connectivity index (χ2v) is 11.3. The predicted molar refractivity (Wildman–Crippen MR) is 77.3 cm³/mol. The summed E-state index contributed by atoms with van der Waals surface area (Å²) in [5.41, 5.74) is 0. The van der Waals surface area contributed by atoms with Crippen molar-refractivity contribution in [2.45, 2.75) is 71.1 Å². The summed E-state index contributed by atoms with van der Waals surface area (Å²) >= 11 is 0. The van der Waals surface area contributed by atoms with Crippen molar-refractivity contribution in [3.8, 4) is 0 Å². The number of carbonyl (C=O) groups is 1. The third-order valence-corrected chi connectivity index (χ3v) is 8.36. The van der Waals surface area contributed by atoms with Crippen molar-refractivity contribution >= 4 is 14.3 Å². The van der Waals surface area contributed by atoms with Crippen LogP contribution in [-0.4, -0.2) is 32.6 Å². The van der Waals surface area contributed by atoms with Gasteiger partial charge in [0.1, 0.15) is 12.2 Å². The zero-order chi connectivity index (χ0) is 14.8. The van der Waals surface area contributed by atoms with E-state index in [2.05, 4.69) is 33.9 Å². The molecule has 0 spiro atoms. The number of rotatable bonds is 3. The summed E-state index contributed by atoms with van der Waals surface area (Å²) in [6, 6.07) is 0. The molecule has 0 aromatic carbocycles. The van der Waals surface area contributed by atoms with Gasteiger partial charge in [0.15, 0.2) is 14.4 Å². The van der Waals surface area contributed by atoms with Crippen molar-refractivity contribution in [1.29, 1.82) is 0 Å². The van der Waals surface area contributed by atoms with Crippen LogP contribution in [0, 0.1) is 0 Å². The molecular weight excluding hydrogens is 260 g/mol. The molecule has 4 nitrogen and oxygen atoms in total. The van der Waals surface area contributed by atoms with Gasteiger partial charge in [0, 0.05) is 6.92 Å². The SMILES string of the molecule is CC(=O)O[C@H]1C=CO[C@@H](C)[C@@H]1O[Si](C)(C)C(C)(C)C. The summed E-state index contributed by atoms with van der Waals surface area (Å²) in [5, 5.41) is 0.106. The van der Waals surface area contributed by atoms with E-state index in [0.717, 1.165) is 0 Å². The van der Waals surface area contributed by atoms with Crippen molar-refractivity contribution in [2.75, 3.05) is 0 Å². The van der Waals surface area contributed by atoms with Gasteiger partial charge in [0.25, 0.3) is 0 Å². The minimum atomic E-state index is -1.93. The minimum Gasteiger partial charge on any atom is -0.496 e. The van der Waals surface area contributed by atoms with Gasteiger partial charge in [0.05, 0.1) is 6.26 Å². The standard InChI is InChI=1S/C14H26O4Si/c1-10-13(18-19(6,7)14(3,4)5)12(8-9-16-10)17-11(2)15/h8-10,12-13H,1-7H3/t10-,12-,13-/m0/s1. The predicted octanol–water partition coefficient (Wildman–Crippen LogP) is 3.24. The van der Waals surface area contributed by atoms with E-state index in [1.54, 1.807) is 12.3 Å². The molecule has 1 rings (SSSR count). The summed E-state index contributed by atoms with van der Waals surface area (Å²) in [6.45, 7) is 14.3. The fourth-order valence-corrected chi connectivity index (χ4v) is 3.04. The van der Waals surface area contributed by atoms with E-state index < -0.39 is 8.32 Å². The Balaban J connectivity index is 2.88. The van der Waals surface area contributed by atoms with E-state index >= 15 is 0 Å². The minimum absolute atomic E-state index is 0.106. The van der Waals surface area contributed by atoms with E-state index in [1.165, 1.54) is 6.92 Å². The van der Waals surface area contributed by atoms with Gasteiger partial charge >= 0.3 is 5.97 Å². The van der Waals surface area contributed by atoms with E-state index in [9.17, 15) is 4.79 Å². The third kappa shape index (κ3) is 4.08. The lowest BCUT2D eigenvalue weighted by Crippen LogP contribution is -2.52. The first kappa shape index (κ1) is 16.2. The Labute approximate surface area is 117 Å². The molecule has 1 aliphatic rings. The van der Waals surface area contributed by atoms with Crippen molar-refractivity contribution < 1.29 is 18.7 Å². The first-order chi connectivity index (χ1) is 8.54. The summed E-state index contributed by atoms with van der Waals surface area (Å²) < 4.78 is 17.2. The molecule has 0 saturated carbocycles. The van der Waals surface area contributed by atoms with Gasteiger partial charge in [-0.3, -0.25) is 4.79 Å². The Kier molecular flexibility index (Phi) is 4.85. The quantitative estimate of drug-likeness (QED) is 0.590. The molecule has 110 valence electrons. The molecule has 5 heteroatoms. The van der Waals surface area contributed by atoms with Crippen LogP contribution < -0.4 is 0 Å². The summed E-state index contributed by atoms with van der Waals surface area (Å²) in [5.74, 6) is -0.299. The van der Waals surface area contributed by atoms with Crippen LogP contribution in [-0.2, 0) is 18.7 Å². The van der Waals surface area contributed by atoms with E-state index in [0.29, 0.717) is 0 Å². The monoisotopic (exact) mass is 286 g/mol. The Hall–Kier alpha value is -0.813. The molecule has 0 bridgehead atoms. The van der Waals surface area contributed by atoms with Crippen molar-refractivity contribution in [3.63, 3.8) is 0 Å². The van der Waals surface area contributed by atoms with Gasteiger partial charge in [-0.2, -0.15) is 0 Å². The van der Waals surface area contributed by atoms with Gasteiger partial charge in [0.2, 0.25) is 0 Å². The number of esters is 1. The molecule has 0 radical (unpaired) electrons. The maximum atomic E-state index is 11.2. The second kappa shape index (κ2) is 5.67. The van der Waals surface area contributed by atoms with Gasteiger partial charge in [-0.15, -0.1) is 0 Å². The first-order valence-corrected chi connectivity index (χ1v) is 9.62. The lowest BCUT2D eigenvalue weighted by molar-refractivity contribution is -0.153. The maximum absolute atomic E-state index is 11.2.